The van der Waals surface area contributed by atoms with Gasteiger partial charge in [-0.25, -0.2) is 0 Å². The summed E-state index contributed by atoms with van der Waals surface area (Å²) in [4.78, 5) is 0. The zero-order chi connectivity index (χ0) is 14.6. The molecule has 1 unspecified atom stereocenters. The molecule has 0 aliphatic rings. The second kappa shape index (κ2) is 5.80. The van der Waals surface area contributed by atoms with Gasteiger partial charge in [-0.3, -0.25) is 0 Å². The maximum absolute atomic E-state index is 9.57. The monoisotopic (exact) mass is 268 g/mol. The summed E-state index contributed by atoms with van der Waals surface area (Å²) in [5, 5.41) is 9.57. The van der Waals surface area contributed by atoms with E-state index in [0.29, 0.717) is 0 Å². The quantitative estimate of drug-likeness (QED) is 0.857. The second-order valence-corrected chi connectivity index (χ2v) is 6.16. The van der Waals surface area contributed by atoms with E-state index in [1.807, 2.05) is 12.1 Å². The molecule has 0 fully saturated rings. The number of hydrogen-bond donors (Lipinski definition) is 1. The van der Waals surface area contributed by atoms with Gasteiger partial charge in [0, 0.05) is 12.0 Å². The summed E-state index contributed by atoms with van der Waals surface area (Å²) >= 11 is 0. The number of hydrogen-bond acceptors (Lipinski definition) is 1. The molecule has 0 aromatic heterocycles. The molecule has 1 nitrogen and oxygen atoms in total. The number of rotatable bonds is 5. The molecule has 2 aromatic carbocycles. The van der Waals surface area contributed by atoms with Crippen LogP contribution < -0.4 is 0 Å². The van der Waals surface area contributed by atoms with Gasteiger partial charge >= 0.3 is 0 Å². The third-order valence-corrected chi connectivity index (χ3v) is 4.90. The van der Waals surface area contributed by atoms with Crippen molar-refractivity contribution in [2.45, 2.75) is 38.0 Å². The van der Waals surface area contributed by atoms with E-state index in [0.717, 1.165) is 6.42 Å². The minimum absolute atomic E-state index is 0.0572. The molecule has 1 N–H and O–H groups in total. The van der Waals surface area contributed by atoms with Gasteiger partial charge in [0.15, 0.2) is 0 Å². The van der Waals surface area contributed by atoms with Crippen molar-refractivity contribution in [3.63, 3.8) is 0 Å². The Kier molecular flexibility index (Phi) is 4.29. The Morgan fingerprint density at radius 1 is 0.750 bits per heavy atom. The first-order chi connectivity index (χ1) is 9.52. The zero-order valence-corrected chi connectivity index (χ0v) is 12.6. The van der Waals surface area contributed by atoms with Crippen LogP contribution in [0.1, 0.15) is 38.3 Å². The fourth-order valence-corrected chi connectivity index (χ4v) is 3.02. The fraction of sp³-hybridized carbons (Fsp3) is 0.368. The minimum Gasteiger partial charge on any atom is -0.396 e. The molecule has 0 bridgehead atoms. The summed E-state index contributed by atoms with van der Waals surface area (Å²) in [5.41, 5.74) is 2.42. The third kappa shape index (κ3) is 2.51. The molecule has 0 saturated heterocycles. The van der Waals surface area contributed by atoms with E-state index in [1.165, 1.54) is 11.1 Å². The van der Waals surface area contributed by atoms with Gasteiger partial charge in [-0.15, -0.1) is 0 Å². The van der Waals surface area contributed by atoms with E-state index in [4.69, 9.17) is 0 Å². The van der Waals surface area contributed by atoms with Crippen LogP contribution in [0, 0.1) is 0 Å². The van der Waals surface area contributed by atoms with Crippen LogP contribution in [-0.4, -0.2) is 11.7 Å². The maximum atomic E-state index is 9.57. The molecule has 0 aliphatic carbocycles. The Morgan fingerprint density at radius 3 is 1.65 bits per heavy atom. The molecule has 0 saturated carbocycles. The number of aliphatic hydroxyl groups excluding tert-OH is 1. The van der Waals surface area contributed by atoms with Crippen molar-refractivity contribution in [3.05, 3.63) is 71.8 Å². The van der Waals surface area contributed by atoms with Crippen molar-refractivity contribution in [1.82, 2.24) is 0 Å². The summed E-state index contributed by atoms with van der Waals surface area (Å²) in [7, 11) is 0. The highest BCUT2D eigenvalue weighted by atomic mass is 16.3. The van der Waals surface area contributed by atoms with E-state index in [-0.39, 0.29) is 17.4 Å². The Labute approximate surface area is 122 Å². The van der Waals surface area contributed by atoms with Crippen molar-refractivity contribution in [3.8, 4) is 0 Å². The normalized spacial score (nSPS) is 14.8. The largest absolute Gasteiger partial charge is 0.396 e. The van der Waals surface area contributed by atoms with Crippen molar-refractivity contribution < 1.29 is 5.11 Å². The van der Waals surface area contributed by atoms with E-state index in [2.05, 4.69) is 69.3 Å². The zero-order valence-electron chi connectivity index (χ0n) is 12.6. The van der Waals surface area contributed by atoms with Gasteiger partial charge < -0.3 is 5.11 Å². The highest BCUT2D eigenvalue weighted by molar-refractivity contribution is 5.36. The van der Waals surface area contributed by atoms with Crippen LogP contribution in [0.15, 0.2) is 60.7 Å². The molecule has 2 aromatic rings. The molecule has 1 atom stereocenters. The van der Waals surface area contributed by atoms with Crippen LogP contribution in [0.4, 0.5) is 0 Å². The highest BCUT2D eigenvalue weighted by Crippen LogP contribution is 2.46. The standard InChI is InChI=1S/C19H24O/c1-18(2,16-10-6-4-7-11-16)19(3,14-15-20)17-12-8-5-9-13-17/h4-13,20H,14-15H2,1-3H3. The molecule has 0 radical (unpaired) electrons. The molecule has 1 heteroatoms. The fourth-order valence-electron chi connectivity index (χ4n) is 3.02. The summed E-state index contributed by atoms with van der Waals surface area (Å²) in [6.45, 7) is 6.99. The lowest BCUT2D eigenvalue weighted by atomic mass is 9.58. The van der Waals surface area contributed by atoms with Crippen LogP contribution >= 0.6 is 0 Å². The second-order valence-electron chi connectivity index (χ2n) is 6.16. The van der Waals surface area contributed by atoms with Gasteiger partial charge in [0.2, 0.25) is 0 Å². The maximum Gasteiger partial charge on any atom is 0.0439 e. The summed E-state index contributed by atoms with van der Waals surface area (Å²) < 4.78 is 0. The predicted octanol–water partition coefficient (Wildman–Crippen LogP) is 4.30. The molecule has 2 rings (SSSR count). The first-order valence-electron chi connectivity index (χ1n) is 7.24. The SMILES string of the molecule is CC(C)(c1ccccc1)C(C)(CCO)c1ccccc1. The molecule has 0 amide bonds. The lowest BCUT2D eigenvalue weighted by molar-refractivity contribution is 0.187. The molecular formula is C19H24O. The van der Waals surface area contributed by atoms with Crippen LogP contribution in [0.5, 0.6) is 0 Å². The van der Waals surface area contributed by atoms with Gasteiger partial charge in [-0.2, -0.15) is 0 Å². The summed E-state index contributed by atoms with van der Waals surface area (Å²) in [6.07, 6.45) is 0.749. The lowest BCUT2D eigenvalue weighted by Gasteiger charge is -2.45. The van der Waals surface area contributed by atoms with Crippen molar-refractivity contribution in [1.29, 1.82) is 0 Å². The third-order valence-electron chi connectivity index (χ3n) is 4.90. The van der Waals surface area contributed by atoms with Gasteiger partial charge in [0.25, 0.3) is 0 Å². The Hall–Kier alpha value is -1.60. The smallest absolute Gasteiger partial charge is 0.0439 e. The molecule has 20 heavy (non-hydrogen) atoms. The topological polar surface area (TPSA) is 20.2 Å². The predicted molar refractivity (Wildman–Crippen MR) is 85.0 cm³/mol. The number of aliphatic hydroxyl groups is 1. The van der Waals surface area contributed by atoms with Gasteiger partial charge in [0.05, 0.1) is 0 Å². The van der Waals surface area contributed by atoms with Gasteiger partial charge in [-0.05, 0) is 23.0 Å². The Balaban J connectivity index is 2.53. The van der Waals surface area contributed by atoms with Crippen LogP contribution in [0.2, 0.25) is 0 Å². The average molecular weight is 268 g/mol. The summed E-state index contributed by atoms with van der Waals surface area (Å²) in [5.74, 6) is 0. The van der Waals surface area contributed by atoms with Crippen LogP contribution in [-0.2, 0) is 10.8 Å². The van der Waals surface area contributed by atoms with Crippen LogP contribution in [0.3, 0.4) is 0 Å². The number of benzene rings is 2. The summed E-state index contributed by atoms with van der Waals surface area (Å²) in [6, 6.07) is 21.1. The van der Waals surface area contributed by atoms with Gasteiger partial charge in [-0.1, -0.05) is 81.4 Å². The first kappa shape index (κ1) is 14.8. The van der Waals surface area contributed by atoms with Crippen LogP contribution in [0.25, 0.3) is 0 Å². The molecule has 0 spiro atoms. The van der Waals surface area contributed by atoms with E-state index in [9.17, 15) is 5.11 Å². The molecule has 0 aliphatic heterocycles. The average Bonchev–Trinajstić information content (AvgIpc) is 2.49. The van der Waals surface area contributed by atoms with Crippen molar-refractivity contribution in [2.24, 2.45) is 0 Å². The van der Waals surface area contributed by atoms with E-state index >= 15 is 0 Å². The molecule has 0 heterocycles. The van der Waals surface area contributed by atoms with Crippen molar-refractivity contribution in [2.75, 3.05) is 6.61 Å². The van der Waals surface area contributed by atoms with Crippen molar-refractivity contribution >= 4 is 0 Å². The van der Waals surface area contributed by atoms with E-state index in [1.54, 1.807) is 0 Å². The lowest BCUT2D eigenvalue weighted by Crippen LogP contribution is -2.43. The molecule has 106 valence electrons. The Bertz CT molecular complexity index is 530. The van der Waals surface area contributed by atoms with Gasteiger partial charge in [0.1, 0.15) is 0 Å². The minimum atomic E-state index is -0.107. The Morgan fingerprint density at radius 2 is 1.20 bits per heavy atom. The van der Waals surface area contributed by atoms with E-state index < -0.39 is 0 Å². The molecular weight excluding hydrogens is 244 g/mol. The highest BCUT2D eigenvalue weighted by Gasteiger charge is 2.42. The first-order valence-corrected chi connectivity index (χ1v) is 7.24.